The maximum Gasteiger partial charge on any atom is 0.259 e. The van der Waals surface area contributed by atoms with E-state index < -0.39 is 6.04 Å². The molecule has 11 heteroatoms. The summed E-state index contributed by atoms with van der Waals surface area (Å²) in [4.78, 5) is 54.3. The van der Waals surface area contributed by atoms with E-state index in [2.05, 4.69) is 10.3 Å². The van der Waals surface area contributed by atoms with Crippen LogP contribution in [0.3, 0.4) is 0 Å². The summed E-state index contributed by atoms with van der Waals surface area (Å²) < 4.78 is 6.65. The fourth-order valence-corrected chi connectivity index (χ4v) is 5.60. The number of ether oxygens (including phenoxy) is 1. The molecule has 1 atom stereocenters. The number of amides is 2. The quantitative estimate of drug-likeness (QED) is 0.348. The van der Waals surface area contributed by atoms with E-state index in [-0.39, 0.29) is 30.2 Å². The average molecular weight is 567 g/mol. The lowest BCUT2D eigenvalue weighted by Gasteiger charge is -2.25. The zero-order valence-corrected chi connectivity index (χ0v) is 23.0. The molecule has 4 aromatic rings. The molecule has 0 bridgehead atoms. The Morgan fingerprint density at radius 1 is 1.05 bits per heavy atom. The first-order chi connectivity index (χ1) is 20.0. The Morgan fingerprint density at radius 3 is 2.68 bits per heavy atom. The van der Waals surface area contributed by atoms with Crippen molar-refractivity contribution in [1.29, 1.82) is 0 Å². The second kappa shape index (κ2) is 11.4. The van der Waals surface area contributed by atoms with Crippen LogP contribution < -0.4 is 15.6 Å². The Morgan fingerprint density at radius 2 is 1.85 bits per heavy atom. The molecule has 1 N–H and O–H groups in total. The number of para-hydroxylation sites is 1. The number of hydrogen-bond acceptors (Lipinski definition) is 8. The summed E-state index contributed by atoms with van der Waals surface area (Å²) >= 11 is 1.32. The number of carbonyl (C=O) groups excluding carboxylic acids is 2. The number of hydrogen-bond donors (Lipinski definition) is 1. The van der Waals surface area contributed by atoms with E-state index in [1.165, 1.54) is 27.1 Å². The van der Waals surface area contributed by atoms with Gasteiger partial charge in [0, 0.05) is 36.5 Å². The van der Waals surface area contributed by atoms with Crippen LogP contribution in [0.2, 0.25) is 0 Å². The number of methoxy groups -OCH3 is 1. The summed E-state index contributed by atoms with van der Waals surface area (Å²) in [6.45, 7) is 0.384. The monoisotopic (exact) mass is 566 g/mol. The molecular weight excluding hydrogens is 540 g/mol. The number of nitrogens with one attached hydrogen (secondary N) is 1. The number of amidine groups is 2. The highest BCUT2D eigenvalue weighted by molar-refractivity contribution is 8.13. The number of aromatic nitrogens is 2. The SMILES string of the molecule is COc1ccc(CNC(=O)CC[C@@H]2N=C3c4ccccc4N=C(SCc4cc(=O)n5ccccc5n4)N3C2=O)cc1. The first-order valence-corrected chi connectivity index (χ1v) is 14.1. The molecular formula is C30H26N6O4S. The molecule has 41 heavy (non-hydrogen) atoms. The number of thioether (sulfide) groups is 1. The lowest BCUT2D eigenvalue weighted by molar-refractivity contribution is -0.125. The van der Waals surface area contributed by atoms with E-state index in [0.29, 0.717) is 40.3 Å². The normalized spacial score (nSPS) is 15.7. The van der Waals surface area contributed by atoms with Gasteiger partial charge in [-0.1, -0.05) is 42.1 Å². The van der Waals surface area contributed by atoms with Crippen molar-refractivity contribution in [3.05, 3.63) is 106 Å². The van der Waals surface area contributed by atoms with Gasteiger partial charge in [0.1, 0.15) is 23.3 Å². The molecule has 2 amide bonds. The van der Waals surface area contributed by atoms with Gasteiger partial charge in [-0.3, -0.25) is 23.8 Å². The molecule has 6 rings (SSSR count). The fraction of sp³-hybridized carbons (Fsp3) is 0.200. The third-order valence-corrected chi connectivity index (χ3v) is 7.79. The second-order valence-corrected chi connectivity index (χ2v) is 10.5. The predicted molar refractivity (Wildman–Crippen MR) is 158 cm³/mol. The van der Waals surface area contributed by atoms with E-state index in [9.17, 15) is 14.4 Å². The predicted octanol–water partition coefficient (Wildman–Crippen LogP) is 3.69. The molecule has 2 aromatic carbocycles. The van der Waals surface area contributed by atoms with Crippen molar-refractivity contribution in [1.82, 2.24) is 19.6 Å². The van der Waals surface area contributed by atoms with Crippen molar-refractivity contribution in [3.63, 3.8) is 0 Å². The van der Waals surface area contributed by atoms with Gasteiger partial charge in [0.25, 0.3) is 11.5 Å². The van der Waals surface area contributed by atoms with Crippen LogP contribution in [0.1, 0.15) is 29.7 Å². The Balaban J connectivity index is 1.15. The molecule has 0 saturated carbocycles. The van der Waals surface area contributed by atoms with Gasteiger partial charge in [-0.05, 0) is 48.4 Å². The number of pyridine rings is 1. The summed E-state index contributed by atoms with van der Waals surface area (Å²) in [6.07, 6.45) is 2.11. The van der Waals surface area contributed by atoms with Crippen molar-refractivity contribution in [2.75, 3.05) is 7.11 Å². The number of carbonyl (C=O) groups is 2. The van der Waals surface area contributed by atoms with E-state index >= 15 is 0 Å². The lowest BCUT2D eigenvalue weighted by atomic mass is 10.1. The molecule has 10 nitrogen and oxygen atoms in total. The smallest absolute Gasteiger partial charge is 0.259 e. The van der Waals surface area contributed by atoms with Crippen molar-refractivity contribution >= 4 is 45.9 Å². The maximum atomic E-state index is 13.6. The van der Waals surface area contributed by atoms with Crippen molar-refractivity contribution in [2.45, 2.75) is 31.2 Å². The molecule has 2 aliphatic heterocycles. The topological polar surface area (TPSA) is 118 Å². The van der Waals surface area contributed by atoms with Crippen molar-refractivity contribution < 1.29 is 14.3 Å². The van der Waals surface area contributed by atoms with E-state index in [4.69, 9.17) is 14.7 Å². The molecule has 0 fully saturated rings. The summed E-state index contributed by atoms with van der Waals surface area (Å²) in [5, 5.41) is 3.37. The van der Waals surface area contributed by atoms with Crippen LogP contribution in [0, 0.1) is 0 Å². The molecule has 0 radical (unpaired) electrons. The maximum absolute atomic E-state index is 13.6. The van der Waals surface area contributed by atoms with Gasteiger partial charge in [0.15, 0.2) is 5.17 Å². The van der Waals surface area contributed by atoms with Gasteiger partial charge < -0.3 is 10.1 Å². The highest BCUT2D eigenvalue weighted by Crippen LogP contribution is 2.35. The van der Waals surface area contributed by atoms with Crippen LogP contribution in [0.15, 0.2) is 93.8 Å². The van der Waals surface area contributed by atoms with Gasteiger partial charge in [0.05, 0.1) is 18.5 Å². The van der Waals surface area contributed by atoms with Crippen LogP contribution in [0.5, 0.6) is 5.75 Å². The second-order valence-electron chi connectivity index (χ2n) is 9.52. The number of rotatable bonds is 8. The molecule has 0 aliphatic carbocycles. The largest absolute Gasteiger partial charge is 0.497 e. The third-order valence-electron chi connectivity index (χ3n) is 6.81. The highest BCUT2D eigenvalue weighted by Gasteiger charge is 2.41. The standard InChI is InChI=1S/C30H26N6O4S/c1-40-21-11-9-19(10-12-21)17-31-26(37)14-13-24-29(39)36-28(33-24)22-6-2-3-7-23(22)34-30(36)41-18-20-16-27(38)35-15-5-4-8-25(35)32-20/h2-12,15-16,24H,13-14,17-18H2,1H3,(H,31,37)/t24-/m0/s1. The van der Waals surface area contributed by atoms with Gasteiger partial charge in [-0.25, -0.2) is 14.9 Å². The third kappa shape index (κ3) is 5.48. The minimum atomic E-state index is -0.697. The van der Waals surface area contributed by atoms with E-state index in [1.807, 2.05) is 54.6 Å². The average Bonchev–Trinajstić information content (AvgIpc) is 3.34. The summed E-state index contributed by atoms with van der Waals surface area (Å²) in [5.41, 5.74) is 3.39. The minimum absolute atomic E-state index is 0.156. The Bertz CT molecular complexity index is 1770. The van der Waals surface area contributed by atoms with Gasteiger partial charge in [0.2, 0.25) is 5.91 Å². The Hall–Kier alpha value is -4.77. The number of nitrogens with zero attached hydrogens (tertiary/aromatic N) is 5. The van der Waals surface area contributed by atoms with E-state index in [1.54, 1.807) is 25.4 Å². The number of fused-ring (bicyclic) bond motifs is 4. The van der Waals surface area contributed by atoms with Crippen LogP contribution in [-0.4, -0.2) is 50.3 Å². The Labute approximate surface area is 239 Å². The number of aliphatic imine (C=N–C) groups is 2. The van der Waals surface area contributed by atoms with Gasteiger partial charge in [-0.2, -0.15) is 0 Å². The molecule has 0 spiro atoms. The molecule has 0 unspecified atom stereocenters. The van der Waals surface area contributed by atoms with Crippen LogP contribution in [-0.2, 0) is 21.9 Å². The Kier molecular flexibility index (Phi) is 7.34. The first kappa shape index (κ1) is 26.5. The molecule has 206 valence electrons. The fourth-order valence-electron chi connectivity index (χ4n) is 4.70. The van der Waals surface area contributed by atoms with Crippen molar-refractivity contribution in [2.24, 2.45) is 9.98 Å². The first-order valence-electron chi connectivity index (χ1n) is 13.1. The minimum Gasteiger partial charge on any atom is -0.497 e. The highest BCUT2D eigenvalue weighted by atomic mass is 32.2. The molecule has 2 aliphatic rings. The zero-order valence-electron chi connectivity index (χ0n) is 22.2. The van der Waals surface area contributed by atoms with Gasteiger partial charge >= 0.3 is 0 Å². The van der Waals surface area contributed by atoms with Crippen LogP contribution in [0.4, 0.5) is 5.69 Å². The van der Waals surface area contributed by atoms with E-state index in [0.717, 1.165) is 16.9 Å². The summed E-state index contributed by atoms with van der Waals surface area (Å²) in [6, 6.07) is 21.2. The number of benzene rings is 2. The molecule has 0 saturated heterocycles. The molecule has 2 aromatic heterocycles. The zero-order chi connectivity index (χ0) is 28.3. The van der Waals surface area contributed by atoms with Gasteiger partial charge in [-0.15, -0.1) is 0 Å². The summed E-state index contributed by atoms with van der Waals surface area (Å²) in [5.74, 6) is 1.24. The summed E-state index contributed by atoms with van der Waals surface area (Å²) in [7, 11) is 1.61. The van der Waals surface area contributed by atoms with Crippen LogP contribution in [0.25, 0.3) is 5.65 Å². The van der Waals surface area contributed by atoms with Crippen molar-refractivity contribution in [3.8, 4) is 5.75 Å². The molecule has 4 heterocycles. The van der Waals surface area contributed by atoms with Crippen LogP contribution >= 0.6 is 11.8 Å². The lowest BCUT2D eigenvalue weighted by Crippen LogP contribution is -2.41.